The first-order valence-electron chi connectivity index (χ1n) is 16.5. The molecule has 0 aliphatic carbocycles. The molecule has 1 unspecified atom stereocenters. The Morgan fingerprint density at radius 1 is 1.24 bits per heavy atom. The fourth-order valence-electron chi connectivity index (χ4n) is 7.10. The van der Waals surface area contributed by atoms with Gasteiger partial charge in [-0.15, -0.1) is 0 Å². The number of rotatable bonds is 14. The summed E-state index contributed by atoms with van der Waals surface area (Å²) >= 11 is 0. The lowest BCUT2D eigenvalue weighted by Crippen LogP contribution is -2.39. The number of ether oxygens (including phenoxy) is 1. The summed E-state index contributed by atoms with van der Waals surface area (Å²) in [4.78, 5) is 7.60. The maximum Gasteiger partial charge on any atom is 0.0622 e. The van der Waals surface area contributed by atoms with Gasteiger partial charge in [-0.2, -0.15) is 5.10 Å². The number of aryl methyl sites for hydroxylation is 2. The molecule has 0 bridgehead atoms. The van der Waals surface area contributed by atoms with Crippen molar-refractivity contribution in [1.82, 2.24) is 14.7 Å². The molecule has 0 radical (unpaired) electrons. The molecule has 2 aliphatic heterocycles. The van der Waals surface area contributed by atoms with Crippen molar-refractivity contribution >= 4 is 11.9 Å². The second-order valence-corrected chi connectivity index (χ2v) is 13.4. The largest absolute Gasteiger partial charge is 0.380 e. The first-order valence-corrected chi connectivity index (χ1v) is 16.5. The molecule has 0 N–H and O–H groups in total. The number of benzene rings is 1. The number of fused-ring (bicyclic) bond motifs is 1. The Hall–Kier alpha value is -2.50. The molecule has 4 rings (SSSR count). The van der Waals surface area contributed by atoms with E-state index < -0.39 is 0 Å². The molecule has 230 valence electrons. The zero-order valence-corrected chi connectivity index (χ0v) is 27.6. The highest BCUT2D eigenvalue weighted by Crippen LogP contribution is 2.35. The van der Waals surface area contributed by atoms with E-state index in [1.165, 1.54) is 48.1 Å². The Labute approximate surface area is 256 Å². The van der Waals surface area contributed by atoms with E-state index >= 15 is 0 Å². The molecule has 42 heavy (non-hydrogen) atoms. The van der Waals surface area contributed by atoms with Crippen LogP contribution < -0.4 is 0 Å². The van der Waals surface area contributed by atoms with Crippen LogP contribution in [0.1, 0.15) is 102 Å². The molecule has 2 aliphatic rings. The van der Waals surface area contributed by atoms with Gasteiger partial charge >= 0.3 is 0 Å². The number of hydrogen-bond acceptors (Lipinski definition) is 4. The van der Waals surface area contributed by atoms with Crippen molar-refractivity contribution in [1.29, 1.82) is 0 Å². The molecule has 1 aromatic heterocycles. The summed E-state index contributed by atoms with van der Waals surface area (Å²) in [6, 6.07) is 7.91. The van der Waals surface area contributed by atoms with Crippen LogP contribution in [0.15, 0.2) is 52.8 Å². The predicted octanol–water partition coefficient (Wildman–Crippen LogP) is 8.46. The Kier molecular flexibility index (Phi) is 11.8. The number of hydrogen-bond donors (Lipinski definition) is 0. The lowest BCUT2D eigenvalue weighted by Gasteiger charge is -2.33. The van der Waals surface area contributed by atoms with E-state index in [0.717, 1.165) is 58.4 Å². The minimum Gasteiger partial charge on any atom is -0.380 e. The van der Waals surface area contributed by atoms with Crippen LogP contribution in [0.5, 0.6) is 0 Å². The second-order valence-electron chi connectivity index (χ2n) is 13.4. The van der Waals surface area contributed by atoms with Gasteiger partial charge < -0.3 is 4.74 Å². The molecular formula is C37H56N4O. The average Bonchev–Trinajstić information content (AvgIpc) is 3.66. The molecule has 2 atom stereocenters. The van der Waals surface area contributed by atoms with Crippen molar-refractivity contribution in [2.75, 3.05) is 26.8 Å². The van der Waals surface area contributed by atoms with E-state index in [-0.39, 0.29) is 5.41 Å². The molecule has 1 aromatic carbocycles. The van der Waals surface area contributed by atoms with E-state index in [1.807, 2.05) is 17.9 Å². The van der Waals surface area contributed by atoms with E-state index in [4.69, 9.17) is 9.73 Å². The van der Waals surface area contributed by atoms with Gasteiger partial charge in [0.25, 0.3) is 0 Å². The Balaban J connectivity index is 1.43. The molecule has 2 aromatic rings. The van der Waals surface area contributed by atoms with Gasteiger partial charge in [-0.1, -0.05) is 69.5 Å². The topological polar surface area (TPSA) is 42.6 Å². The fraction of sp³-hybridized carbons (Fsp3) is 0.622. The number of aromatic nitrogens is 2. The first kappa shape index (κ1) is 32.4. The van der Waals surface area contributed by atoms with Crippen LogP contribution in [0.4, 0.5) is 0 Å². The van der Waals surface area contributed by atoms with E-state index in [2.05, 4.69) is 88.2 Å². The van der Waals surface area contributed by atoms with Gasteiger partial charge in [0.05, 0.1) is 12.8 Å². The summed E-state index contributed by atoms with van der Waals surface area (Å²) in [5, 5.41) is 4.38. The Morgan fingerprint density at radius 2 is 2.07 bits per heavy atom. The molecule has 5 heteroatoms. The van der Waals surface area contributed by atoms with Crippen molar-refractivity contribution in [3.63, 3.8) is 0 Å². The quantitative estimate of drug-likeness (QED) is 0.168. The van der Waals surface area contributed by atoms with Crippen molar-refractivity contribution in [3.8, 4) is 0 Å². The van der Waals surface area contributed by atoms with Crippen LogP contribution in [0.25, 0.3) is 6.20 Å². The minimum absolute atomic E-state index is 0.0247. The van der Waals surface area contributed by atoms with Crippen LogP contribution in [0.2, 0.25) is 0 Å². The van der Waals surface area contributed by atoms with Gasteiger partial charge in [0.1, 0.15) is 0 Å². The highest BCUT2D eigenvalue weighted by molar-refractivity contribution is 5.93. The molecule has 1 fully saturated rings. The third-order valence-corrected chi connectivity index (χ3v) is 9.66. The molecular weight excluding hydrogens is 516 g/mol. The molecule has 0 amide bonds. The lowest BCUT2D eigenvalue weighted by molar-refractivity contribution is 0.135. The minimum atomic E-state index is 0.0247. The van der Waals surface area contributed by atoms with Gasteiger partial charge in [-0.3, -0.25) is 9.89 Å². The van der Waals surface area contributed by atoms with E-state index in [1.54, 1.807) is 16.7 Å². The van der Waals surface area contributed by atoms with E-state index in [0.29, 0.717) is 12.0 Å². The zero-order chi connectivity index (χ0) is 30.1. The molecule has 0 saturated carbocycles. The van der Waals surface area contributed by atoms with Crippen molar-refractivity contribution in [3.05, 3.63) is 70.1 Å². The lowest BCUT2D eigenvalue weighted by atomic mass is 9.73. The average molecular weight is 573 g/mol. The van der Waals surface area contributed by atoms with Crippen molar-refractivity contribution < 1.29 is 4.74 Å². The predicted molar refractivity (Wildman–Crippen MR) is 178 cm³/mol. The van der Waals surface area contributed by atoms with Crippen molar-refractivity contribution in [2.24, 2.45) is 16.3 Å². The highest BCUT2D eigenvalue weighted by Gasteiger charge is 2.31. The summed E-state index contributed by atoms with van der Waals surface area (Å²) in [6.45, 7) is 18.0. The van der Waals surface area contributed by atoms with Crippen molar-refractivity contribution in [2.45, 2.75) is 112 Å². The maximum atomic E-state index is 5.66. The molecule has 5 nitrogen and oxygen atoms in total. The Morgan fingerprint density at radius 3 is 2.76 bits per heavy atom. The van der Waals surface area contributed by atoms with Gasteiger partial charge in [0.2, 0.25) is 0 Å². The normalized spacial score (nSPS) is 19.8. The van der Waals surface area contributed by atoms with E-state index in [9.17, 15) is 0 Å². The van der Waals surface area contributed by atoms with Gasteiger partial charge in [0.15, 0.2) is 0 Å². The number of nitrogens with zero attached hydrogens (tertiary/aromatic N) is 4. The summed E-state index contributed by atoms with van der Waals surface area (Å²) in [7, 11) is 2.00. The fourth-order valence-corrected chi connectivity index (χ4v) is 7.10. The van der Waals surface area contributed by atoms with Crippen LogP contribution in [-0.2, 0) is 24.1 Å². The van der Waals surface area contributed by atoms with Gasteiger partial charge in [-0.05, 0) is 87.5 Å². The smallest absolute Gasteiger partial charge is 0.0622 e. The third-order valence-electron chi connectivity index (χ3n) is 9.66. The zero-order valence-electron chi connectivity index (χ0n) is 27.6. The Bertz CT molecular complexity index is 1240. The van der Waals surface area contributed by atoms with Gasteiger partial charge in [-0.25, -0.2) is 4.68 Å². The molecule has 0 spiro atoms. The van der Waals surface area contributed by atoms with Crippen LogP contribution in [0, 0.1) is 18.3 Å². The monoisotopic (exact) mass is 572 g/mol. The number of unbranched alkanes of at least 4 members (excludes halogenated alkanes) is 1. The number of aliphatic imine (C=N–C) groups is 1. The van der Waals surface area contributed by atoms with Crippen LogP contribution in [0.3, 0.4) is 0 Å². The molecule has 3 heterocycles. The second kappa shape index (κ2) is 15.3. The number of allylic oxidation sites excluding steroid dienone is 3. The SMILES string of the molecule is CCCC/C(C)=C(/CCc1ccc2c(c1)CCN([C@@H]1CCOC1)C2)C(C)/C(=N/C)C(C)(C)CC/C=C/n1cc(C)cn1. The summed E-state index contributed by atoms with van der Waals surface area (Å²) in [5.74, 6) is 0.347. The third kappa shape index (κ3) is 8.54. The van der Waals surface area contributed by atoms with Crippen LogP contribution >= 0.6 is 0 Å². The summed E-state index contributed by atoms with van der Waals surface area (Å²) in [5.41, 5.74) is 10.3. The van der Waals surface area contributed by atoms with Crippen LogP contribution in [-0.4, -0.2) is 53.2 Å². The molecule has 1 saturated heterocycles. The summed E-state index contributed by atoms with van der Waals surface area (Å²) < 4.78 is 7.56. The van der Waals surface area contributed by atoms with Gasteiger partial charge in [0, 0.05) is 62.2 Å². The summed E-state index contributed by atoms with van der Waals surface area (Å²) in [6.07, 6.45) is 18.6. The first-order chi connectivity index (χ1) is 20.2. The standard InChI is InChI=1S/C37H56N4O/c1-8-9-12-29(3)35(30(4)36(38-7)37(5,6)19-10-11-20-41-25-28(2)24-39-41)16-14-31-13-15-33-26-40(21-17-32(33)23-31)34-18-22-42-27-34/h11,13,15,20,23-25,30,34H,8-10,12,14,16-19,21-22,26-27H2,1-7H3/b20-11+,35-29-,38-36-/t30?,34-/m1/s1. The maximum absolute atomic E-state index is 5.66. The highest BCUT2D eigenvalue weighted by atomic mass is 16.5.